The van der Waals surface area contributed by atoms with Gasteiger partial charge in [-0.3, -0.25) is 4.90 Å². The van der Waals surface area contributed by atoms with E-state index >= 15 is 0 Å². The van der Waals surface area contributed by atoms with E-state index in [0.717, 1.165) is 19.1 Å². The monoisotopic (exact) mass is 260 g/mol. The van der Waals surface area contributed by atoms with Gasteiger partial charge in [0.1, 0.15) is 0 Å². The van der Waals surface area contributed by atoms with Crippen LogP contribution in [0.15, 0.2) is 0 Å². The average molecular weight is 260 g/mol. The largest absolute Gasteiger partial charge is 0.384 e. The van der Waals surface area contributed by atoms with Crippen molar-refractivity contribution in [3.05, 3.63) is 0 Å². The van der Waals surface area contributed by atoms with Crippen molar-refractivity contribution in [1.82, 2.24) is 4.90 Å². The fourth-order valence-electron chi connectivity index (χ4n) is 2.63. The number of nitrogens with two attached hydrogens (primary N) is 1. The minimum Gasteiger partial charge on any atom is -0.384 e. The number of methoxy groups -OCH3 is 1. The number of hydrogen-bond acceptors (Lipinski definition) is 4. The molecule has 1 atom stereocenters. The lowest BCUT2D eigenvalue weighted by molar-refractivity contribution is 0.0789. The zero-order valence-electron chi connectivity index (χ0n) is 11.4. The second kappa shape index (κ2) is 9.20. The van der Waals surface area contributed by atoms with Crippen LogP contribution in [0.2, 0.25) is 0 Å². The molecule has 0 saturated carbocycles. The molecule has 1 rings (SSSR count). The molecule has 1 fully saturated rings. The van der Waals surface area contributed by atoms with Crippen molar-refractivity contribution >= 4 is 11.8 Å². The molecule has 0 aromatic heterocycles. The van der Waals surface area contributed by atoms with E-state index in [2.05, 4.69) is 11.2 Å². The van der Waals surface area contributed by atoms with Crippen LogP contribution in [0.3, 0.4) is 0 Å². The highest BCUT2D eigenvalue weighted by atomic mass is 32.2. The number of thioether (sulfide) groups is 1. The van der Waals surface area contributed by atoms with Crippen LogP contribution in [0.5, 0.6) is 0 Å². The molecule has 3 nitrogen and oxygen atoms in total. The summed E-state index contributed by atoms with van der Waals surface area (Å²) < 4.78 is 5.24. The molecule has 0 bridgehead atoms. The fourth-order valence-corrected chi connectivity index (χ4v) is 3.09. The van der Waals surface area contributed by atoms with Gasteiger partial charge in [0, 0.05) is 26.3 Å². The highest BCUT2D eigenvalue weighted by Crippen LogP contribution is 2.20. The molecule has 1 aliphatic rings. The van der Waals surface area contributed by atoms with E-state index in [4.69, 9.17) is 10.5 Å². The van der Waals surface area contributed by atoms with Gasteiger partial charge in [-0.2, -0.15) is 11.8 Å². The SMILES string of the molecule is COCC1CCN(C(CN)CCCSC)CC1. The van der Waals surface area contributed by atoms with Gasteiger partial charge < -0.3 is 10.5 Å². The molecule has 1 unspecified atom stereocenters. The summed E-state index contributed by atoms with van der Waals surface area (Å²) >= 11 is 1.93. The van der Waals surface area contributed by atoms with Crippen LogP contribution in [0.1, 0.15) is 25.7 Å². The van der Waals surface area contributed by atoms with Crippen LogP contribution in [0.4, 0.5) is 0 Å². The van der Waals surface area contributed by atoms with Crippen LogP contribution in [-0.2, 0) is 4.74 Å². The summed E-state index contributed by atoms with van der Waals surface area (Å²) in [5.41, 5.74) is 5.91. The van der Waals surface area contributed by atoms with Crippen molar-refractivity contribution in [1.29, 1.82) is 0 Å². The third-order valence-corrected chi connectivity index (χ3v) is 4.42. The number of nitrogens with zero attached hydrogens (tertiary/aromatic N) is 1. The maximum absolute atomic E-state index is 5.91. The molecule has 0 aliphatic carbocycles. The molecule has 4 heteroatoms. The van der Waals surface area contributed by atoms with E-state index in [1.54, 1.807) is 7.11 Å². The van der Waals surface area contributed by atoms with Crippen molar-refractivity contribution in [3.8, 4) is 0 Å². The maximum atomic E-state index is 5.91. The van der Waals surface area contributed by atoms with E-state index in [1.165, 1.54) is 44.5 Å². The van der Waals surface area contributed by atoms with E-state index < -0.39 is 0 Å². The summed E-state index contributed by atoms with van der Waals surface area (Å²) in [6.07, 6.45) is 7.26. The maximum Gasteiger partial charge on any atom is 0.0491 e. The van der Waals surface area contributed by atoms with Crippen LogP contribution in [0, 0.1) is 5.92 Å². The normalized spacial score (nSPS) is 20.6. The number of piperidine rings is 1. The Hall–Kier alpha value is 0.230. The Morgan fingerprint density at radius 2 is 2.12 bits per heavy atom. The second-order valence-electron chi connectivity index (χ2n) is 4.96. The molecule has 17 heavy (non-hydrogen) atoms. The van der Waals surface area contributed by atoms with Gasteiger partial charge in [0.2, 0.25) is 0 Å². The zero-order valence-corrected chi connectivity index (χ0v) is 12.2. The smallest absolute Gasteiger partial charge is 0.0491 e. The van der Waals surface area contributed by atoms with Crippen molar-refractivity contribution in [3.63, 3.8) is 0 Å². The predicted octanol–water partition coefficient (Wildman–Crippen LogP) is 1.82. The first-order chi connectivity index (χ1) is 8.31. The third kappa shape index (κ3) is 5.60. The van der Waals surface area contributed by atoms with E-state index in [-0.39, 0.29) is 0 Å². The predicted molar refractivity (Wildman–Crippen MR) is 76.6 cm³/mol. The Morgan fingerprint density at radius 1 is 1.41 bits per heavy atom. The molecular formula is C13H28N2OS. The first-order valence-corrected chi connectivity index (χ1v) is 8.13. The zero-order chi connectivity index (χ0) is 12.5. The molecule has 0 radical (unpaired) electrons. The number of rotatable bonds is 8. The first kappa shape index (κ1) is 15.3. The summed E-state index contributed by atoms with van der Waals surface area (Å²) in [7, 11) is 1.80. The average Bonchev–Trinajstić information content (AvgIpc) is 2.36. The molecule has 1 saturated heterocycles. The van der Waals surface area contributed by atoms with Gasteiger partial charge >= 0.3 is 0 Å². The molecule has 1 heterocycles. The van der Waals surface area contributed by atoms with Crippen LogP contribution in [0.25, 0.3) is 0 Å². The Balaban J connectivity index is 2.24. The second-order valence-corrected chi connectivity index (χ2v) is 5.94. The van der Waals surface area contributed by atoms with Gasteiger partial charge in [0.05, 0.1) is 0 Å². The lowest BCUT2D eigenvalue weighted by Crippen LogP contribution is -2.45. The van der Waals surface area contributed by atoms with Crippen molar-refractivity contribution < 1.29 is 4.74 Å². The number of hydrogen-bond donors (Lipinski definition) is 1. The summed E-state index contributed by atoms with van der Waals surface area (Å²) in [5, 5.41) is 0. The number of likely N-dealkylation sites (tertiary alicyclic amines) is 1. The third-order valence-electron chi connectivity index (χ3n) is 3.73. The van der Waals surface area contributed by atoms with Gasteiger partial charge in [-0.05, 0) is 56.7 Å². The van der Waals surface area contributed by atoms with Crippen molar-refractivity contribution in [2.75, 3.05) is 45.4 Å². The summed E-state index contributed by atoms with van der Waals surface area (Å²) in [5.74, 6) is 2.03. The Kier molecular flexibility index (Phi) is 8.27. The van der Waals surface area contributed by atoms with Crippen LogP contribution < -0.4 is 5.73 Å². The van der Waals surface area contributed by atoms with Crippen LogP contribution >= 0.6 is 11.8 Å². The van der Waals surface area contributed by atoms with E-state index in [9.17, 15) is 0 Å². The molecule has 102 valence electrons. The van der Waals surface area contributed by atoms with Crippen molar-refractivity contribution in [2.24, 2.45) is 11.7 Å². The van der Waals surface area contributed by atoms with Gasteiger partial charge in [-0.15, -0.1) is 0 Å². The van der Waals surface area contributed by atoms with Gasteiger partial charge in [0.15, 0.2) is 0 Å². The Bertz CT molecular complexity index is 184. The summed E-state index contributed by atoms with van der Waals surface area (Å²) in [4.78, 5) is 2.59. The highest BCUT2D eigenvalue weighted by Gasteiger charge is 2.23. The van der Waals surface area contributed by atoms with E-state index in [0.29, 0.717) is 6.04 Å². The quantitative estimate of drug-likeness (QED) is 0.676. The van der Waals surface area contributed by atoms with Gasteiger partial charge in [-0.1, -0.05) is 0 Å². The molecule has 1 aliphatic heterocycles. The Labute approximate surface area is 110 Å². The summed E-state index contributed by atoms with van der Waals surface area (Å²) in [6.45, 7) is 4.14. The number of ether oxygens (including phenoxy) is 1. The molecular weight excluding hydrogens is 232 g/mol. The molecule has 0 aromatic rings. The lowest BCUT2D eigenvalue weighted by Gasteiger charge is -2.37. The minimum atomic E-state index is 0.602. The standard InChI is InChI=1S/C13H28N2OS/c1-16-11-12-5-7-15(8-6-12)13(10-14)4-3-9-17-2/h12-13H,3-11,14H2,1-2H3. The molecule has 0 spiro atoms. The van der Waals surface area contributed by atoms with Gasteiger partial charge in [-0.25, -0.2) is 0 Å². The molecule has 0 amide bonds. The Morgan fingerprint density at radius 3 is 2.65 bits per heavy atom. The van der Waals surface area contributed by atoms with Crippen LogP contribution in [-0.4, -0.2) is 56.3 Å². The fraction of sp³-hybridized carbons (Fsp3) is 1.00. The lowest BCUT2D eigenvalue weighted by atomic mass is 9.96. The van der Waals surface area contributed by atoms with Crippen molar-refractivity contribution in [2.45, 2.75) is 31.7 Å². The molecule has 2 N–H and O–H groups in total. The summed E-state index contributed by atoms with van der Waals surface area (Å²) in [6, 6.07) is 0.602. The highest BCUT2D eigenvalue weighted by molar-refractivity contribution is 7.98. The minimum absolute atomic E-state index is 0.602. The van der Waals surface area contributed by atoms with E-state index in [1.807, 2.05) is 11.8 Å². The first-order valence-electron chi connectivity index (χ1n) is 6.73. The topological polar surface area (TPSA) is 38.5 Å². The van der Waals surface area contributed by atoms with Gasteiger partial charge in [0.25, 0.3) is 0 Å². The molecule has 0 aromatic carbocycles.